The Morgan fingerprint density at radius 3 is 2.87 bits per heavy atom. The summed E-state index contributed by atoms with van der Waals surface area (Å²) in [5.41, 5.74) is 1.58. The molecule has 4 heteroatoms. The molecule has 1 aromatic carbocycles. The van der Waals surface area contributed by atoms with Crippen LogP contribution in [0.1, 0.15) is 10.4 Å². The molecule has 0 spiro atoms. The molecule has 0 aliphatic carbocycles. The summed E-state index contributed by atoms with van der Waals surface area (Å²) in [4.78, 5) is 12.9. The highest BCUT2D eigenvalue weighted by atomic mass is 35.5. The zero-order valence-corrected chi connectivity index (χ0v) is 10.4. The van der Waals surface area contributed by atoms with E-state index < -0.39 is 0 Å². The highest BCUT2D eigenvalue weighted by molar-refractivity contribution is 7.98. The SMILES string of the molecule is CSCCN(C)c1ccc(Cl)cc1C=O. The topological polar surface area (TPSA) is 20.3 Å². The molecule has 0 atom stereocenters. The molecule has 1 aromatic rings. The van der Waals surface area contributed by atoms with Crippen LogP contribution in [0, 0.1) is 0 Å². The maximum absolute atomic E-state index is 10.9. The molecule has 0 bridgehead atoms. The molecule has 0 saturated heterocycles. The highest BCUT2D eigenvalue weighted by Gasteiger charge is 2.06. The van der Waals surface area contributed by atoms with Crippen molar-refractivity contribution in [3.05, 3.63) is 28.8 Å². The molecule has 0 radical (unpaired) electrons. The van der Waals surface area contributed by atoms with Crippen LogP contribution < -0.4 is 4.90 Å². The summed E-state index contributed by atoms with van der Waals surface area (Å²) in [7, 11) is 1.98. The quantitative estimate of drug-likeness (QED) is 0.742. The molecule has 0 fully saturated rings. The minimum atomic E-state index is 0.596. The van der Waals surface area contributed by atoms with Gasteiger partial charge in [-0.15, -0.1) is 0 Å². The fourth-order valence-electron chi connectivity index (χ4n) is 1.32. The molecule has 0 saturated carbocycles. The number of rotatable bonds is 5. The minimum Gasteiger partial charge on any atom is -0.373 e. The molecule has 2 nitrogen and oxygen atoms in total. The van der Waals surface area contributed by atoms with Crippen molar-refractivity contribution in [2.24, 2.45) is 0 Å². The second kappa shape index (κ2) is 6.03. The molecule has 1 rings (SSSR count). The number of hydrogen-bond acceptors (Lipinski definition) is 3. The Balaban J connectivity index is 2.87. The minimum absolute atomic E-state index is 0.596. The number of carbonyl (C=O) groups excluding carboxylic acids is 1. The average Bonchev–Trinajstić information content (AvgIpc) is 2.25. The van der Waals surface area contributed by atoms with E-state index in [1.165, 1.54) is 0 Å². The van der Waals surface area contributed by atoms with E-state index >= 15 is 0 Å². The van der Waals surface area contributed by atoms with Crippen LogP contribution in [0.4, 0.5) is 5.69 Å². The predicted octanol–water partition coefficient (Wildman–Crippen LogP) is 2.95. The number of hydrogen-bond donors (Lipinski definition) is 0. The molecule has 0 aliphatic rings. The van der Waals surface area contributed by atoms with Gasteiger partial charge in [0.2, 0.25) is 0 Å². The van der Waals surface area contributed by atoms with Gasteiger partial charge in [-0.1, -0.05) is 11.6 Å². The van der Waals surface area contributed by atoms with Crippen LogP contribution in [0.2, 0.25) is 5.02 Å². The smallest absolute Gasteiger partial charge is 0.152 e. The molecule has 0 heterocycles. The first-order valence-electron chi connectivity index (χ1n) is 4.64. The van der Waals surface area contributed by atoms with Gasteiger partial charge in [0.1, 0.15) is 0 Å². The molecule has 0 aliphatic heterocycles. The number of thioether (sulfide) groups is 1. The van der Waals surface area contributed by atoms with Crippen LogP contribution in [0.25, 0.3) is 0 Å². The van der Waals surface area contributed by atoms with Crippen LogP contribution in [-0.4, -0.2) is 31.9 Å². The highest BCUT2D eigenvalue weighted by Crippen LogP contribution is 2.22. The normalized spacial score (nSPS) is 10.1. The van der Waals surface area contributed by atoms with Crippen LogP contribution in [0.5, 0.6) is 0 Å². The Labute approximate surface area is 99.6 Å². The Hall–Kier alpha value is -0.670. The van der Waals surface area contributed by atoms with Crippen molar-refractivity contribution in [2.45, 2.75) is 0 Å². The summed E-state index contributed by atoms with van der Waals surface area (Å²) in [5, 5.41) is 0.596. The monoisotopic (exact) mass is 243 g/mol. The second-order valence-corrected chi connectivity index (χ2v) is 4.66. The first-order valence-corrected chi connectivity index (χ1v) is 6.41. The summed E-state index contributed by atoms with van der Waals surface area (Å²) >= 11 is 7.61. The van der Waals surface area contributed by atoms with Gasteiger partial charge in [0.25, 0.3) is 0 Å². The maximum atomic E-state index is 10.9. The number of nitrogens with zero attached hydrogens (tertiary/aromatic N) is 1. The van der Waals surface area contributed by atoms with Gasteiger partial charge in [0.05, 0.1) is 0 Å². The van der Waals surface area contributed by atoms with E-state index in [0.29, 0.717) is 10.6 Å². The molecular formula is C11H14ClNOS. The van der Waals surface area contributed by atoms with Gasteiger partial charge in [-0.3, -0.25) is 4.79 Å². The largest absolute Gasteiger partial charge is 0.373 e. The van der Waals surface area contributed by atoms with Gasteiger partial charge in [-0.05, 0) is 24.5 Å². The van der Waals surface area contributed by atoms with Crippen molar-refractivity contribution < 1.29 is 4.79 Å². The Morgan fingerprint density at radius 2 is 2.27 bits per heavy atom. The number of benzene rings is 1. The van der Waals surface area contributed by atoms with Crippen molar-refractivity contribution in [1.29, 1.82) is 0 Å². The standard InChI is InChI=1S/C11H14ClNOS/c1-13(5-6-15-2)11-4-3-10(12)7-9(11)8-14/h3-4,7-8H,5-6H2,1-2H3. The van der Waals surface area contributed by atoms with Crippen molar-refractivity contribution >= 4 is 35.3 Å². The first-order chi connectivity index (χ1) is 7.19. The lowest BCUT2D eigenvalue weighted by atomic mass is 10.2. The zero-order valence-electron chi connectivity index (χ0n) is 8.87. The zero-order chi connectivity index (χ0) is 11.3. The van der Waals surface area contributed by atoms with Crippen molar-refractivity contribution in [2.75, 3.05) is 30.5 Å². The van der Waals surface area contributed by atoms with E-state index in [1.807, 2.05) is 13.1 Å². The van der Waals surface area contributed by atoms with Crippen molar-refractivity contribution in [1.82, 2.24) is 0 Å². The van der Waals surface area contributed by atoms with E-state index in [0.717, 1.165) is 24.3 Å². The van der Waals surface area contributed by atoms with E-state index in [4.69, 9.17) is 11.6 Å². The summed E-state index contributed by atoms with van der Waals surface area (Å²) in [6.45, 7) is 0.920. The van der Waals surface area contributed by atoms with Crippen LogP contribution in [-0.2, 0) is 0 Å². The van der Waals surface area contributed by atoms with E-state index in [9.17, 15) is 4.79 Å². The molecule has 15 heavy (non-hydrogen) atoms. The lowest BCUT2D eigenvalue weighted by molar-refractivity contribution is 0.112. The summed E-state index contributed by atoms with van der Waals surface area (Å²) in [6, 6.07) is 5.38. The van der Waals surface area contributed by atoms with Gasteiger partial charge in [0, 0.05) is 35.6 Å². The number of halogens is 1. The maximum Gasteiger partial charge on any atom is 0.152 e. The average molecular weight is 244 g/mol. The molecule has 0 amide bonds. The van der Waals surface area contributed by atoms with Gasteiger partial charge in [-0.2, -0.15) is 11.8 Å². The molecule has 0 N–H and O–H groups in total. The van der Waals surface area contributed by atoms with Crippen LogP contribution in [0.3, 0.4) is 0 Å². The van der Waals surface area contributed by atoms with E-state index in [1.54, 1.807) is 23.9 Å². The fourth-order valence-corrected chi connectivity index (χ4v) is 1.95. The van der Waals surface area contributed by atoms with Crippen molar-refractivity contribution in [3.63, 3.8) is 0 Å². The fraction of sp³-hybridized carbons (Fsp3) is 0.364. The summed E-state index contributed by atoms with van der Waals surface area (Å²) in [5.74, 6) is 1.04. The lowest BCUT2D eigenvalue weighted by Gasteiger charge is -2.20. The molecule has 0 unspecified atom stereocenters. The van der Waals surface area contributed by atoms with Gasteiger partial charge in [0.15, 0.2) is 6.29 Å². The Bertz CT molecular complexity index is 343. The molecule has 0 aromatic heterocycles. The summed E-state index contributed by atoms with van der Waals surface area (Å²) < 4.78 is 0. The van der Waals surface area contributed by atoms with Crippen molar-refractivity contribution in [3.8, 4) is 0 Å². The predicted molar refractivity (Wildman–Crippen MR) is 68.5 cm³/mol. The van der Waals surface area contributed by atoms with Gasteiger partial charge in [-0.25, -0.2) is 0 Å². The third-order valence-electron chi connectivity index (χ3n) is 2.16. The Morgan fingerprint density at radius 1 is 1.53 bits per heavy atom. The second-order valence-electron chi connectivity index (χ2n) is 3.24. The Kier molecular flexibility index (Phi) is 4.99. The third-order valence-corrected chi connectivity index (χ3v) is 2.98. The third kappa shape index (κ3) is 3.43. The number of anilines is 1. The first kappa shape index (κ1) is 12.4. The van der Waals surface area contributed by atoms with E-state index in [2.05, 4.69) is 11.2 Å². The number of carbonyl (C=O) groups is 1. The van der Waals surface area contributed by atoms with Crippen LogP contribution >= 0.6 is 23.4 Å². The van der Waals surface area contributed by atoms with Gasteiger partial charge >= 0.3 is 0 Å². The molecule has 82 valence electrons. The summed E-state index contributed by atoms with van der Waals surface area (Å²) in [6.07, 6.45) is 2.91. The molecular weight excluding hydrogens is 230 g/mol. The lowest BCUT2D eigenvalue weighted by Crippen LogP contribution is -2.21. The number of aldehydes is 1. The van der Waals surface area contributed by atoms with Crippen LogP contribution in [0.15, 0.2) is 18.2 Å². The van der Waals surface area contributed by atoms with E-state index in [-0.39, 0.29) is 0 Å². The van der Waals surface area contributed by atoms with Gasteiger partial charge < -0.3 is 4.90 Å².